The SMILES string of the molecule is CC1(C)OCC(c2ccc(CC#N)cc2)O1. The largest absolute Gasteiger partial charge is 0.347 e. The lowest BCUT2D eigenvalue weighted by Gasteiger charge is -2.17. The van der Waals surface area contributed by atoms with Gasteiger partial charge in [-0.05, 0) is 25.0 Å². The van der Waals surface area contributed by atoms with Crippen molar-refractivity contribution in [3.63, 3.8) is 0 Å². The normalized spacial score (nSPS) is 22.9. The highest BCUT2D eigenvalue weighted by Gasteiger charge is 2.33. The zero-order valence-corrected chi connectivity index (χ0v) is 9.56. The highest BCUT2D eigenvalue weighted by atomic mass is 16.7. The molecule has 0 saturated carbocycles. The highest BCUT2D eigenvalue weighted by molar-refractivity contribution is 5.26. The zero-order valence-electron chi connectivity index (χ0n) is 9.56. The van der Waals surface area contributed by atoms with E-state index in [0.717, 1.165) is 11.1 Å². The van der Waals surface area contributed by atoms with Gasteiger partial charge in [-0.2, -0.15) is 5.26 Å². The summed E-state index contributed by atoms with van der Waals surface area (Å²) < 4.78 is 11.3. The van der Waals surface area contributed by atoms with Gasteiger partial charge in [0.25, 0.3) is 0 Å². The quantitative estimate of drug-likeness (QED) is 0.764. The van der Waals surface area contributed by atoms with Crippen LogP contribution in [0.15, 0.2) is 24.3 Å². The van der Waals surface area contributed by atoms with Gasteiger partial charge in [0.05, 0.1) is 19.1 Å². The van der Waals surface area contributed by atoms with Gasteiger partial charge in [0.15, 0.2) is 5.79 Å². The fourth-order valence-corrected chi connectivity index (χ4v) is 1.79. The van der Waals surface area contributed by atoms with Crippen LogP contribution in [0.2, 0.25) is 0 Å². The zero-order chi connectivity index (χ0) is 11.6. The number of nitriles is 1. The molecule has 1 aliphatic rings. The third-order valence-corrected chi connectivity index (χ3v) is 2.64. The number of benzene rings is 1. The Labute approximate surface area is 95.6 Å². The molecule has 3 nitrogen and oxygen atoms in total. The average Bonchev–Trinajstić information content (AvgIpc) is 2.61. The van der Waals surface area contributed by atoms with Crippen LogP contribution < -0.4 is 0 Å². The molecule has 1 heterocycles. The maximum Gasteiger partial charge on any atom is 0.163 e. The molecule has 1 atom stereocenters. The van der Waals surface area contributed by atoms with Crippen molar-refractivity contribution >= 4 is 0 Å². The number of hydrogen-bond donors (Lipinski definition) is 0. The summed E-state index contributed by atoms with van der Waals surface area (Å²) in [6.07, 6.45) is 0.458. The predicted molar refractivity (Wildman–Crippen MR) is 59.6 cm³/mol. The van der Waals surface area contributed by atoms with Gasteiger partial charge >= 0.3 is 0 Å². The van der Waals surface area contributed by atoms with Crippen LogP contribution in [0.25, 0.3) is 0 Å². The Balaban J connectivity index is 2.09. The Morgan fingerprint density at radius 1 is 1.38 bits per heavy atom. The van der Waals surface area contributed by atoms with Crippen LogP contribution in [0.3, 0.4) is 0 Å². The van der Waals surface area contributed by atoms with E-state index in [2.05, 4.69) is 6.07 Å². The first-order valence-corrected chi connectivity index (χ1v) is 5.38. The molecule has 0 aliphatic carbocycles. The first kappa shape index (κ1) is 11.1. The van der Waals surface area contributed by atoms with E-state index in [-0.39, 0.29) is 6.10 Å². The molecule has 1 aliphatic heterocycles. The first-order valence-electron chi connectivity index (χ1n) is 5.38. The molecular formula is C13H15NO2. The monoisotopic (exact) mass is 217 g/mol. The van der Waals surface area contributed by atoms with E-state index >= 15 is 0 Å². The number of ether oxygens (including phenoxy) is 2. The lowest BCUT2D eigenvalue weighted by atomic mass is 10.1. The molecule has 1 aromatic carbocycles. The Bertz CT molecular complexity index is 403. The van der Waals surface area contributed by atoms with Crippen molar-refractivity contribution in [1.29, 1.82) is 5.26 Å². The Kier molecular flexibility index (Phi) is 2.95. The van der Waals surface area contributed by atoms with Gasteiger partial charge in [0, 0.05) is 0 Å². The van der Waals surface area contributed by atoms with E-state index in [1.54, 1.807) is 0 Å². The Hall–Kier alpha value is -1.37. The molecule has 0 radical (unpaired) electrons. The second-order valence-electron chi connectivity index (χ2n) is 4.39. The molecule has 16 heavy (non-hydrogen) atoms. The number of rotatable bonds is 2. The molecule has 0 aromatic heterocycles. The third kappa shape index (κ3) is 2.41. The van der Waals surface area contributed by atoms with Gasteiger partial charge in [-0.25, -0.2) is 0 Å². The van der Waals surface area contributed by atoms with Gasteiger partial charge in [0.2, 0.25) is 0 Å². The summed E-state index contributed by atoms with van der Waals surface area (Å²) in [6, 6.07) is 10.1. The van der Waals surface area contributed by atoms with Crippen LogP contribution in [0.1, 0.15) is 31.1 Å². The van der Waals surface area contributed by atoms with Crippen molar-refractivity contribution in [3.05, 3.63) is 35.4 Å². The van der Waals surface area contributed by atoms with E-state index in [9.17, 15) is 0 Å². The van der Waals surface area contributed by atoms with Crippen molar-refractivity contribution in [2.24, 2.45) is 0 Å². The second kappa shape index (κ2) is 4.25. The predicted octanol–water partition coefficient (Wildman–Crippen LogP) is 2.58. The van der Waals surface area contributed by atoms with Crippen LogP contribution in [0.5, 0.6) is 0 Å². The number of nitrogens with zero attached hydrogens (tertiary/aromatic N) is 1. The van der Waals surface area contributed by atoms with Crippen molar-refractivity contribution in [2.75, 3.05) is 6.61 Å². The molecule has 1 fully saturated rings. The summed E-state index contributed by atoms with van der Waals surface area (Å²) in [5.74, 6) is -0.490. The Morgan fingerprint density at radius 2 is 2.06 bits per heavy atom. The van der Waals surface area contributed by atoms with Crippen LogP contribution in [0, 0.1) is 11.3 Å². The lowest BCUT2D eigenvalue weighted by Crippen LogP contribution is -2.19. The van der Waals surface area contributed by atoms with E-state index in [1.807, 2.05) is 38.1 Å². The molecule has 0 N–H and O–H groups in total. The molecule has 1 saturated heterocycles. The molecule has 84 valence electrons. The minimum atomic E-state index is -0.490. The van der Waals surface area contributed by atoms with Crippen LogP contribution in [0.4, 0.5) is 0 Å². The van der Waals surface area contributed by atoms with Crippen molar-refractivity contribution < 1.29 is 9.47 Å². The molecule has 0 bridgehead atoms. The highest BCUT2D eigenvalue weighted by Crippen LogP contribution is 2.32. The van der Waals surface area contributed by atoms with Gasteiger partial charge in [-0.15, -0.1) is 0 Å². The van der Waals surface area contributed by atoms with E-state index in [0.29, 0.717) is 13.0 Å². The fourth-order valence-electron chi connectivity index (χ4n) is 1.79. The maximum atomic E-state index is 8.57. The molecule has 3 heteroatoms. The van der Waals surface area contributed by atoms with Crippen molar-refractivity contribution in [3.8, 4) is 6.07 Å². The molecule has 1 aromatic rings. The van der Waals surface area contributed by atoms with Crippen molar-refractivity contribution in [1.82, 2.24) is 0 Å². The van der Waals surface area contributed by atoms with Gasteiger partial charge in [-0.3, -0.25) is 0 Å². The second-order valence-corrected chi connectivity index (χ2v) is 4.39. The molecule has 2 rings (SSSR count). The lowest BCUT2D eigenvalue weighted by molar-refractivity contribution is -0.139. The smallest absolute Gasteiger partial charge is 0.163 e. The van der Waals surface area contributed by atoms with E-state index < -0.39 is 5.79 Å². The minimum absolute atomic E-state index is 0.00568. The van der Waals surface area contributed by atoms with Gasteiger partial charge in [0.1, 0.15) is 6.10 Å². The standard InChI is InChI=1S/C13H15NO2/c1-13(2)15-9-12(16-13)11-5-3-10(4-6-11)7-8-14/h3-6,12H,7,9H2,1-2H3. The third-order valence-electron chi connectivity index (χ3n) is 2.64. The van der Waals surface area contributed by atoms with E-state index in [4.69, 9.17) is 14.7 Å². The van der Waals surface area contributed by atoms with Crippen LogP contribution in [-0.4, -0.2) is 12.4 Å². The first-order chi connectivity index (χ1) is 7.61. The van der Waals surface area contributed by atoms with Crippen LogP contribution in [-0.2, 0) is 15.9 Å². The van der Waals surface area contributed by atoms with E-state index in [1.165, 1.54) is 0 Å². The Morgan fingerprint density at radius 3 is 2.56 bits per heavy atom. The number of hydrogen-bond acceptors (Lipinski definition) is 3. The summed E-state index contributed by atoms with van der Waals surface area (Å²) in [5.41, 5.74) is 2.14. The molecule has 0 spiro atoms. The van der Waals surface area contributed by atoms with Crippen molar-refractivity contribution in [2.45, 2.75) is 32.2 Å². The fraction of sp³-hybridized carbons (Fsp3) is 0.462. The molecule has 0 amide bonds. The minimum Gasteiger partial charge on any atom is -0.347 e. The molecule has 1 unspecified atom stereocenters. The summed E-state index contributed by atoms with van der Waals surface area (Å²) >= 11 is 0. The van der Waals surface area contributed by atoms with Gasteiger partial charge < -0.3 is 9.47 Å². The average molecular weight is 217 g/mol. The summed E-state index contributed by atoms with van der Waals surface area (Å²) in [5, 5.41) is 8.57. The van der Waals surface area contributed by atoms with Crippen LogP contribution >= 0.6 is 0 Å². The summed E-state index contributed by atoms with van der Waals surface area (Å²) in [6.45, 7) is 4.42. The topological polar surface area (TPSA) is 42.2 Å². The maximum absolute atomic E-state index is 8.57. The summed E-state index contributed by atoms with van der Waals surface area (Å²) in [7, 11) is 0. The van der Waals surface area contributed by atoms with Gasteiger partial charge in [-0.1, -0.05) is 24.3 Å². The summed E-state index contributed by atoms with van der Waals surface area (Å²) in [4.78, 5) is 0. The molecular weight excluding hydrogens is 202 g/mol.